The lowest BCUT2D eigenvalue weighted by Gasteiger charge is -2.05. The zero-order valence-electron chi connectivity index (χ0n) is 10.0. The van der Waals surface area contributed by atoms with E-state index >= 15 is 0 Å². The fourth-order valence-corrected chi connectivity index (χ4v) is 2.06. The largest absolute Gasteiger partial charge is 0.241 e. The van der Waals surface area contributed by atoms with Gasteiger partial charge in [-0.1, -0.05) is 42.5 Å². The van der Waals surface area contributed by atoms with Gasteiger partial charge in [-0.2, -0.15) is 5.10 Å². The zero-order valence-corrected chi connectivity index (χ0v) is 10.0. The van der Waals surface area contributed by atoms with Gasteiger partial charge in [0.15, 0.2) is 0 Å². The van der Waals surface area contributed by atoms with E-state index in [0.29, 0.717) is 0 Å². The Morgan fingerprint density at radius 3 is 2.44 bits per heavy atom. The van der Waals surface area contributed by atoms with Crippen LogP contribution in [0.4, 0.5) is 0 Å². The third-order valence-electron chi connectivity index (χ3n) is 2.93. The Balaban J connectivity index is 1.88. The van der Waals surface area contributed by atoms with Gasteiger partial charge in [-0.25, -0.2) is 4.68 Å². The van der Waals surface area contributed by atoms with E-state index in [1.165, 1.54) is 11.1 Å². The number of hydrogen-bond donors (Lipinski definition) is 0. The number of hydrogen-bond acceptors (Lipinski definition) is 1. The normalized spacial score (nSPS) is 10.4. The van der Waals surface area contributed by atoms with Crippen molar-refractivity contribution in [2.75, 3.05) is 0 Å². The quantitative estimate of drug-likeness (QED) is 0.678. The van der Waals surface area contributed by atoms with E-state index < -0.39 is 0 Å². The molecule has 1 aromatic heterocycles. The molecule has 0 bridgehead atoms. The fourth-order valence-electron chi connectivity index (χ4n) is 2.06. The summed E-state index contributed by atoms with van der Waals surface area (Å²) in [5.74, 6) is 0. The van der Waals surface area contributed by atoms with Crippen LogP contribution in [0, 0.1) is 0 Å². The summed E-state index contributed by atoms with van der Waals surface area (Å²) in [5, 5.41) is 4.25. The van der Waals surface area contributed by atoms with Gasteiger partial charge in [0.05, 0.1) is 5.69 Å². The number of nitrogens with zero attached hydrogens (tertiary/aromatic N) is 2. The molecular formula is C16H14N2. The van der Waals surface area contributed by atoms with Crippen LogP contribution in [-0.4, -0.2) is 9.78 Å². The van der Waals surface area contributed by atoms with Crippen molar-refractivity contribution in [2.24, 2.45) is 0 Å². The maximum atomic E-state index is 4.25. The maximum absolute atomic E-state index is 4.25. The molecule has 0 aliphatic carbocycles. The van der Waals surface area contributed by atoms with E-state index in [1.807, 2.05) is 23.0 Å². The lowest BCUT2D eigenvalue weighted by molar-refractivity contribution is 0.878. The molecule has 0 aliphatic heterocycles. The van der Waals surface area contributed by atoms with Crippen molar-refractivity contribution in [3.8, 4) is 5.69 Å². The van der Waals surface area contributed by atoms with E-state index in [-0.39, 0.29) is 0 Å². The average Bonchev–Trinajstić information content (AvgIpc) is 2.94. The van der Waals surface area contributed by atoms with Crippen LogP contribution in [0.2, 0.25) is 0 Å². The van der Waals surface area contributed by atoms with Crippen LogP contribution in [0.1, 0.15) is 11.1 Å². The number of aromatic nitrogens is 2. The van der Waals surface area contributed by atoms with Crippen LogP contribution in [0.25, 0.3) is 5.69 Å². The Labute approximate surface area is 107 Å². The summed E-state index contributed by atoms with van der Waals surface area (Å²) < 4.78 is 1.88. The monoisotopic (exact) mass is 234 g/mol. The molecule has 0 spiro atoms. The molecule has 0 N–H and O–H groups in total. The molecule has 1 heterocycles. The Morgan fingerprint density at radius 2 is 1.67 bits per heavy atom. The first-order chi connectivity index (χ1) is 8.92. The van der Waals surface area contributed by atoms with Gasteiger partial charge in [0.2, 0.25) is 0 Å². The van der Waals surface area contributed by atoms with Crippen molar-refractivity contribution < 1.29 is 0 Å². The molecule has 0 saturated heterocycles. The molecule has 2 nitrogen and oxygen atoms in total. The highest BCUT2D eigenvalue weighted by atomic mass is 15.3. The first kappa shape index (κ1) is 10.8. The summed E-state index contributed by atoms with van der Waals surface area (Å²) in [4.78, 5) is 0. The molecule has 88 valence electrons. The highest BCUT2D eigenvalue weighted by molar-refractivity contribution is 5.37. The maximum Gasteiger partial charge on any atom is 0.0648 e. The van der Waals surface area contributed by atoms with Crippen molar-refractivity contribution in [2.45, 2.75) is 6.42 Å². The van der Waals surface area contributed by atoms with Gasteiger partial charge in [-0.3, -0.25) is 0 Å². The molecule has 0 amide bonds. The molecule has 0 radical (unpaired) electrons. The molecule has 0 saturated carbocycles. The summed E-state index contributed by atoms with van der Waals surface area (Å²) in [6.07, 6.45) is 4.71. The second kappa shape index (κ2) is 4.88. The van der Waals surface area contributed by atoms with Crippen molar-refractivity contribution in [3.05, 3.63) is 84.2 Å². The Kier molecular flexibility index (Phi) is 2.92. The third kappa shape index (κ3) is 2.33. The minimum Gasteiger partial charge on any atom is -0.241 e. The molecular weight excluding hydrogens is 220 g/mol. The Morgan fingerprint density at radius 1 is 0.833 bits per heavy atom. The van der Waals surface area contributed by atoms with Gasteiger partial charge in [0.1, 0.15) is 0 Å². The van der Waals surface area contributed by atoms with Gasteiger partial charge in [-0.05, 0) is 35.7 Å². The molecule has 18 heavy (non-hydrogen) atoms. The number of benzene rings is 2. The van der Waals surface area contributed by atoms with Crippen LogP contribution in [0.5, 0.6) is 0 Å². The van der Waals surface area contributed by atoms with Crippen molar-refractivity contribution in [1.29, 1.82) is 0 Å². The van der Waals surface area contributed by atoms with Gasteiger partial charge in [-0.15, -0.1) is 0 Å². The smallest absolute Gasteiger partial charge is 0.0648 e. The van der Waals surface area contributed by atoms with Gasteiger partial charge in [0.25, 0.3) is 0 Å². The summed E-state index contributed by atoms with van der Waals surface area (Å²) in [7, 11) is 0. The highest BCUT2D eigenvalue weighted by Crippen LogP contribution is 2.13. The van der Waals surface area contributed by atoms with E-state index in [0.717, 1.165) is 12.1 Å². The Bertz CT molecular complexity index is 613. The molecule has 2 heteroatoms. The third-order valence-corrected chi connectivity index (χ3v) is 2.93. The second-order valence-electron chi connectivity index (χ2n) is 4.28. The zero-order chi connectivity index (χ0) is 12.2. The first-order valence-electron chi connectivity index (χ1n) is 6.05. The molecule has 0 fully saturated rings. The summed E-state index contributed by atoms with van der Waals surface area (Å²) >= 11 is 0. The van der Waals surface area contributed by atoms with Crippen molar-refractivity contribution in [1.82, 2.24) is 9.78 Å². The van der Waals surface area contributed by atoms with E-state index in [1.54, 1.807) is 6.20 Å². The van der Waals surface area contributed by atoms with Gasteiger partial charge >= 0.3 is 0 Å². The second-order valence-corrected chi connectivity index (χ2v) is 4.28. The van der Waals surface area contributed by atoms with Gasteiger partial charge in [0, 0.05) is 12.4 Å². The first-order valence-corrected chi connectivity index (χ1v) is 6.05. The van der Waals surface area contributed by atoms with Crippen LogP contribution in [-0.2, 0) is 6.42 Å². The lowest BCUT2D eigenvalue weighted by atomic mass is 10.0. The molecule has 3 rings (SSSR count). The predicted octanol–water partition coefficient (Wildman–Crippen LogP) is 3.46. The topological polar surface area (TPSA) is 17.8 Å². The summed E-state index contributed by atoms with van der Waals surface area (Å²) in [6.45, 7) is 0. The standard InChI is InChI=1S/C16H14N2/c1-2-6-14(7-3-1)12-15-8-4-9-16(13-15)18-11-5-10-17-18/h1-11,13H,12H2. The van der Waals surface area contributed by atoms with E-state index in [9.17, 15) is 0 Å². The van der Waals surface area contributed by atoms with Crippen molar-refractivity contribution >= 4 is 0 Å². The van der Waals surface area contributed by atoms with Crippen LogP contribution < -0.4 is 0 Å². The SMILES string of the molecule is c1ccc(Cc2cccc(-n3cccn3)c2)cc1. The molecule has 3 aromatic rings. The Hall–Kier alpha value is -2.35. The van der Waals surface area contributed by atoms with E-state index in [2.05, 4.69) is 53.6 Å². The predicted molar refractivity (Wildman–Crippen MR) is 72.8 cm³/mol. The van der Waals surface area contributed by atoms with E-state index in [4.69, 9.17) is 0 Å². The molecule has 0 unspecified atom stereocenters. The fraction of sp³-hybridized carbons (Fsp3) is 0.0625. The molecule has 0 aliphatic rings. The lowest BCUT2D eigenvalue weighted by Crippen LogP contribution is -1.96. The van der Waals surface area contributed by atoms with Crippen LogP contribution >= 0.6 is 0 Å². The molecule has 2 aromatic carbocycles. The molecule has 0 atom stereocenters. The summed E-state index contributed by atoms with van der Waals surface area (Å²) in [6, 6.07) is 20.9. The number of rotatable bonds is 3. The van der Waals surface area contributed by atoms with Gasteiger partial charge < -0.3 is 0 Å². The average molecular weight is 234 g/mol. The van der Waals surface area contributed by atoms with Crippen molar-refractivity contribution in [3.63, 3.8) is 0 Å². The highest BCUT2D eigenvalue weighted by Gasteiger charge is 1.99. The summed E-state index contributed by atoms with van der Waals surface area (Å²) in [5.41, 5.74) is 3.73. The minimum absolute atomic E-state index is 0.954. The van der Waals surface area contributed by atoms with Crippen LogP contribution in [0.3, 0.4) is 0 Å². The van der Waals surface area contributed by atoms with Crippen LogP contribution in [0.15, 0.2) is 73.1 Å². The minimum atomic E-state index is 0.954.